The Morgan fingerprint density at radius 3 is 1.50 bits per heavy atom. The van der Waals surface area contributed by atoms with Crippen LogP contribution in [0.1, 0.15) is 13.8 Å². The summed E-state index contributed by atoms with van der Waals surface area (Å²) in [7, 11) is 13.6. The Kier molecular flexibility index (Phi) is 13.3. The van der Waals surface area contributed by atoms with Crippen LogP contribution < -0.4 is 0 Å². The molecule has 0 radical (unpaired) electrons. The fourth-order valence-corrected chi connectivity index (χ4v) is 0.906. The van der Waals surface area contributed by atoms with E-state index in [0.29, 0.717) is 0 Å². The molecule has 0 aromatic carbocycles. The summed E-state index contributed by atoms with van der Waals surface area (Å²) in [6.07, 6.45) is 0. The van der Waals surface area contributed by atoms with E-state index in [9.17, 15) is 0 Å². The molecule has 0 aromatic rings. The molecule has 0 N–H and O–H groups in total. The summed E-state index contributed by atoms with van der Waals surface area (Å²) < 4.78 is 0. The van der Waals surface area contributed by atoms with E-state index in [0.717, 1.165) is 13.1 Å². The molecular weight excluding hydrogens is 248 g/mol. The fourth-order valence-electron chi connectivity index (χ4n) is 0.906. The van der Waals surface area contributed by atoms with E-state index < -0.39 is 15.1 Å². The zero-order valence-electron chi connectivity index (χ0n) is 8.27. The van der Waals surface area contributed by atoms with E-state index in [1.165, 1.54) is 0 Å². The molecule has 0 aliphatic heterocycles. The maximum absolute atomic E-state index is 4.95. The molecule has 0 aromatic heterocycles. The molecule has 0 rings (SSSR count). The van der Waals surface area contributed by atoms with Crippen molar-refractivity contribution in [2.75, 3.05) is 27.2 Å². The predicted molar refractivity (Wildman–Crippen MR) is 53.8 cm³/mol. The van der Waals surface area contributed by atoms with Crippen molar-refractivity contribution in [3.8, 4) is 0 Å². The molecule has 0 bridgehead atoms. The van der Waals surface area contributed by atoms with Crippen LogP contribution >= 0.6 is 19.4 Å². The molecule has 5 heteroatoms. The van der Waals surface area contributed by atoms with Gasteiger partial charge in [-0.15, -0.1) is 13.1 Å². The van der Waals surface area contributed by atoms with Gasteiger partial charge in [0, 0.05) is 0 Å². The molecular formula is C7H16Cl2N2Zn-2. The molecule has 0 aliphatic carbocycles. The second kappa shape index (κ2) is 10.2. The van der Waals surface area contributed by atoms with Crippen molar-refractivity contribution in [3.05, 3.63) is 10.6 Å². The van der Waals surface area contributed by atoms with Crippen molar-refractivity contribution in [2.24, 2.45) is 5.41 Å². The van der Waals surface area contributed by atoms with Gasteiger partial charge >= 0.3 is 34.5 Å². The molecule has 0 saturated carbocycles. The zero-order valence-corrected chi connectivity index (χ0v) is 12.8. The van der Waals surface area contributed by atoms with E-state index in [-0.39, 0.29) is 5.41 Å². The number of halogens is 2. The van der Waals surface area contributed by atoms with E-state index in [1.807, 2.05) is 14.1 Å². The van der Waals surface area contributed by atoms with Crippen LogP contribution in [-0.4, -0.2) is 27.2 Å². The van der Waals surface area contributed by atoms with Gasteiger partial charge in [0.15, 0.2) is 0 Å². The van der Waals surface area contributed by atoms with Crippen molar-refractivity contribution >= 4 is 19.4 Å². The van der Waals surface area contributed by atoms with Crippen LogP contribution in [0.4, 0.5) is 0 Å². The average Bonchev–Trinajstić information content (AvgIpc) is 1.88. The number of rotatable bonds is 4. The summed E-state index contributed by atoms with van der Waals surface area (Å²) >= 11 is -0.931. The van der Waals surface area contributed by atoms with Crippen molar-refractivity contribution in [3.63, 3.8) is 0 Å². The van der Waals surface area contributed by atoms with Gasteiger partial charge in [0.25, 0.3) is 0 Å². The second-order valence-electron chi connectivity index (χ2n) is 3.21. The Morgan fingerprint density at radius 1 is 1.08 bits per heavy atom. The first-order valence-corrected chi connectivity index (χ1v) is 11.6. The number of hydrogen-bond acceptors (Lipinski definition) is 0. The molecule has 0 amide bonds. The van der Waals surface area contributed by atoms with Crippen molar-refractivity contribution in [1.82, 2.24) is 0 Å². The Bertz CT molecular complexity index is 83.5. The van der Waals surface area contributed by atoms with E-state index >= 15 is 0 Å². The second-order valence-corrected chi connectivity index (χ2v) is 7.84. The summed E-state index contributed by atoms with van der Waals surface area (Å²) in [6, 6.07) is 0. The van der Waals surface area contributed by atoms with Gasteiger partial charge in [-0.25, -0.2) is 0 Å². The van der Waals surface area contributed by atoms with Gasteiger partial charge < -0.3 is 10.6 Å². The summed E-state index contributed by atoms with van der Waals surface area (Å²) in [4.78, 5) is 0. The predicted octanol–water partition coefficient (Wildman–Crippen LogP) is 3.40. The van der Waals surface area contributed by atoms with E-state index in [1.54, 1.807) is 0 Å². The standard InChI is InChI=1S/C7H16N2.2ClH.Zn/c1-7(2,5-8-3)6-9-4;;;/h5-6H2,1-4H3;2*1H;/q-2;;;+2/p-2. The SMILES string of the molecule is C[N-]CC(C)(C)C[N-]C.[Cl][Zn][Cl]. The first-order chi connectivity index (χ1) is 5.54. The zero-order chi connectivity index (χ0) is 10.0. The molecule has 72 valence electrons. The van der Waals surface area contributed by atoms with E-state index in [2.05, 4.69) is 24.5 Å². The van der Waals surface area contributed by atoms with Crippen LogP contribution in [0, 0.1) is 5.41 Å². The normalized spacial score (nSPS) is 9.83. The summed E-state index contributed by atoms with van der Waals surface area (Å²) in [5.74, 6) is 0. The molecule has 12 heavy (non-hydrogen) atoms. The topological polar surface area (TPSA) is 28.2 Å². The van der Waals surface area contributed by atoms with Crippen LogP contribution in [-0.2, 0) is 15.1 Å². The molecule has 0 atom stereocenters. The van der Waals surface area contributed by atoms with E-state index in [4.69, 9.17) is 19.4 Å². The van der Waals surface area contributed by atoms with Gasteiger partial charge in [0.05, 0.1) is 0 Å². The monoisotopic (exact) mass is 262 g/mol. The quantitative estimate of drug-likeness (QED) is 0.696. The molecule has 2 nitrogen and oxygen atoms in total. The number of nitrogens with zero attached hydrogens (tertiary/aromatic N) is 2. The Labute approximate surface area is 91.5 Å². The molecule has 0 saturated heterocycles. The first kappa shape index (κ1) is 15.6. The molecule has 0 aliphatic rings. The minimum atomic E-state index is -0.931. The first-order valence-electron chi connectivity index (χ1n) is 3.77. The molecule has 0 fully saturated rings. The van der Waals surface area contributed by atoms with Crippen LogP contribution in [0.15, 0.2) is 0 Å². The van der Waals surface area contributed by atoms with Crippen molar-refractivity contribution < 1.29 is 15.1 Å². The fraction of sp³-hybridized carbons (Fsp3) is 1.00. The Morgan fingerprint density at radius 2 is 1.33 bits per heavy atom. The third kappa shape index (κ3) is 13.7. The average molecular weight is 265 g/mol. The van der Waals surface area contributed by atoms with Crippen LogP contribution in [0.5, 0.6) is 0 Å². The third-order valence-electron chi connectivity index (χ3n) is 1.17. The van der Waals surface area contributed by atoms with Gasteiger partial charge in [-0.05, 0) is 0 Å². The van der Waals surface area contributed by atoms with Gasteiger partial charge in [-0.1, -0.05) is 19.3 Å². The summed E-state index contributed by atoms with van der Waals surface area (Å²) in [5, 5.41) is 8.13. The van der Waals surface area contributed by atoms with Gasteiger partial charge in [-0.2, -0.15) is 14.1 Å². The summed E-state index contributed by atoms with van der Waals surface area (Å²) in [6.45, 7) is 6.16. The van der Waals surface area contributed by atoms with Gasteiger partial charge in [0.1, 0.15) is 0 Å². The molecule has 0 unspecified atom stereocenters. The van der Waals surface area contributed by atoms with Crippen LogP contribution in [0.3, 0.4) is 0 Å². The Balaban J connectivity index is 0. The van der Waals surface area contributed by atoms with Crippen molar-refractivity contribution in [1.29, 1.82) is 0 Å². The minimum absolute atomic E-state index is 0.267. The maximum atomic E-state index is 4.95. The Hall–Kier alpha value is 1.12. The molecule has 0 heterocycles. The summed E-state index contributed by atoms with van der Waals surface area (Å²) in [5.41, 5.74) is 0.267. The van der Waals surface area contributed by atoms with Crippen molar-refractivity contribution in [2.45, 2.75) is 13.8 Å². The molecule has 0 spiro atoms. The van der Waals surface area contributed by atoms with Gasteiger partial charge in [-0.3, -0.25) is 0 Å². The third-order valence-corrected chi connectivity index (χ3v) is 1.17. The van der Waals surface area contributed by atoms with Crippen LogP contribution in [0.25, 0.3) is 10.6 Å². The number of hydrogen-bond donors (Lipinski definition) is 0. The van der Waals surface area contributed by atoms with Crippen LogP contribution in [0.2, 0.25) is 0 Å². The van der Waals surface area contributed by atoms with Gasteiger partial charge in [0.2, 0.25) is 0 Å².